The second kappa shape index (κ2) is 5.87. The van der Waals surface area contributed by atoms with Crippen molar-refractivity contribution in [2.75, 3.05) is 19.4 Å². The van der Waals surface area contributed by atoms with Gasteiger partial charge in [0.05, 0.1) is 11.9 Å². The zero-order chi connectivity index (χ0) is 14.7. The molecule has 7 nitrogen and oxygen atoms in total. The Labute approximate surface area is 121 Å². The highest BCUT2D eigenvalue weighted by Crippen LogP contribution is 2.16. The molecule has 0 saturated heterocycles. The molecule has 0 spiro atoms. The first-order valence-corrected chi connectivity index (χ1v) is 6.32. The molecule has 0 saturated carbocycles. The van der Waals surface area contributed by atoms with E-state index in [1.807, 2.05) is 0 Å². The molecule has 2 rings (SSSR count). The van der Waals surface area contributed by atoms with E-state index >= 15 is 0 Å². The van der Waals surface area contributed by atoms with Crippen LogP contribution < -0.4 is 5.32 Å². The molecule has 0 radical (unpaired) electrons. The molecule has 0 aliphatic carbocycles. The highest BCUT2D eigenvalue weighted by Gasteiger charge is 2.07. The van der Waals surface area contributed by atoms with E-state index < -0.39 is 0 Å². The van der Waals surface area contributed by atoms with Gasteiger partial charge in [-0.05, 0) is 6.92 Å². The summed E-state index contributed by atoms with van der Waals surface area (Å²) in [5.41, 5.74) is 0.728. The minimum atomic E-state index is -0.0272. The molecule has 1 N–H and O–H groups in total. The van der Waals surface area contributed by atoms with E-state index in [-0.39, 0.29) is 12.5 Å². The molecule has 0 unspecified atom stereocenters. The van der Waals surface area contributed by atoms with Gasteiger partial charge in [-0.25, -0.2) is 9.97 Å². The molecule has 2 heterocycles. The fourth-order valence-corrected chi connectivity index (χ4v) is 1.76. The highest BCUT2D eigenvalue weighted by molar-refractivity contribution is 6.29. The Balaban J connectivity index is 2.07. The number of carbonyl (C=O) groups excluding carboxylic acids is 1. The van der Waals surface area contributed by atoms with Crippen LogP contribution in [0.1, 0.15) is 5.82 Å². The van der Waals surface area contributed by atoms with Gasteiger partial charge in [-0.3, -0.25) is 9.48 Å². The number of likely N-dealkylation sites (N-methyl/N-ethyl adjacent to an activating group) is 1. The van der Waals surface area contributed by atoms with Crippen LogP contribution in [0.5, 0.6) is 0 Å². The summed E-state index contributed by atoms with van der Waals surface area (Å²) in [7, 11) is 3.41. The lowest BCUT2D eigenvalue weighted by Gasteiger charge is -2.09. The zero-order valence-electron chi connectivity index (χ0n) is 11.5. The molecule has 8 heteroatoms. The van der Waals surface area contributed by atoms with Crippen LogP contribution in [0, 0.1) is 6.92 Å². The number of aryl methyl sites for hydroxylation is 1. The number of rotatable bonds is 4. The van der Waals surface area contributed by atoms with Crippen LogP contribution in [0.3, 0.4) is 0 Å². The number of anilines is 2. The van der Waals surface area contributed by atoms with Gasteiger partial charge in [0.2, 0.25) is 5.91 Å². The van der Waals surface area contributed by atoms with E-state index in [2.05, 4.69) is 20.4 Å². The molecule has 0 fully saturated rings. The van der Waals surface area contributed by atoms with Crippen LogP contribution in [0.25, 0.3) is 0 Å². The Morgan fingerprint density at radius 3 is 2.85 bits per heavy atom. The van der Waals surface area contributed by atoms with Gasteiger partial charge in [-0.2, -0.15) is 5.10 Å². The maximum absolute atomic E-state index is 11.6. The van der Waals surface area contributed by atoms with Gasteiger partial charge < -0.3 is 10.2 Å². The number of hydrogen-bond acceptors (Lipinski definition) is 5. The molecule has 0 aliphatic rings. The summed E-state index contributed by atoms with van der Waals surface area (Å²) in [5.74, 6) is 1.14. The lowest BCUT2D eigenvalue weighted by Crippen LogP contribution is -2.26. The van der Waals surface area contributed by atoms with E-state index in [4.69, 9.17) is 11.6 Å². The van der Waals surface area contributed by atoms with Gasteiger partial charge in [0, 0.05) is 26.4 Å². The van der Waals surface area contributed by atoms with Crippen LogP contribution >= 0.6 is 11.6 Å². The van der Waals surface area contributed by atoms with Crippen molar-refractivity contribution in [3.8, 4) is 0 Å². The number of halogens is 1. The normalized spacial score (nSPS) is 10.4. The largest absolute Gasteiger partial charge is 0.347 e. The summed E-state index contributed by atoms with van der Waals surface area (Å²) >= 11 is 5.86. The third-order valence-electron chi connectivity index (χ3n) is 2.51. The highest BCUT2D eigenvalue weighted by atomic mass is 35.5. The SMILES string of the molecule is Cc1nc(Cl)cc(Nc2cnn(CC(=O)N(C)C)c2)n1. The van der Waals surface area contributed by atoms with Crippen molar-refractivity contribution in [2.24, 2.45) is 0 Å². The quantitative estimate of drug-likeness (QED) is 0.864. The third kappa shape index (κ3) is 3.67. The predicted octanol–water partition coefficient (Wildman–Crippen LogP) is 1.47. The first-order valence-electron chi connectivity index (χ1n) is 5.95. The van der Waals surface area contributed by atoms with E-state index in [0.29, 0.717) is 16.8 Å². The topological polar surface area (TPSA) is 75.9 Å². The van der Waals surface area contributed by atoms with E-state index in [9.17, 15) is 4.79 Å². The van der Waals surface area contributed by atoms with Gasteiger partial charge in [0.1, 0.15) is 23.3 Å². The standard InChI is InChI=1S/C12H15ClN6O/c1-8-15-10(13)4-11(16-8)17-9-5-14-19(6-9)7-12(20)18(2)3/h4-6H,7H2,1-3H3,(H,15,16,17). The molecule has 0 aromatic carbocycles. The minimum Gasteiger partial charge on any atom is -0.347 e. The van der Waals surface area contributed by atoms with E-state index in [1.165, 1.54) is 4.90 Å². The monoisotopic (exact) mass is 294 g/mol. The first-order chi connectivity index (χ1) is 9.44. The van der Waals surface area contributed by atoms with Crippen molar-refractivity contribution in [3.05, 3.63) is 29.4 Å². The maximum Gasteiger partial charge on any atom is 0.243 e. The Hall–Kier alpha value is -2.15. The maximum atomic E-state index is 11.6. The van der Waals surface area contributed by atoms with Crippen LogP contribution in [0.2, 0.25) is 5.15 Å². The molecular formula is C12H15ClN6O. The second-order valence-corrected chi connectivity index (χ2v) is 4.85. The summed E-state index contributed by atoms with van der Waals surface area (Å²) in [6.07, 6.45) is 3.35. The molecule has 0 atom stereocenters. The molecular weight excluding hydrogens is 280 g/mol. The van der Waals surface area contributed by atoms with Crippen molar-refractivity contribution in [1.82, 2.24) is 24.6 Å². The molecule has 0 aliphatic heterocycles. The minimum absolute atomic E-state index is 0.0272. The van der Waals surface area contributed by atoms with Gasteiger partial charge in [0.25, 0.3) is 0 Å². The summed E-state index contributed by atoms with van der Waals surface area (Å²) in [4.78, 5) is 21.3. The van der Waals surface area contributed by atoms with Crippen molar-refractivity contribution in [1.29, 1.82) is 0 Å². The van der Waals surface area contributed by atoms with E-state index in [1.54, 1.807) is 44.2 Å². The number of nitrogens with zero attached hydrogens (tertiary/aromatic N) is 5. The number of amides is 1. The Kier molecular flexibility index (Phi) is 4.19. The van der Waals surface area contributed by atoms with E-state index in [0.717, 1.165) is 5.69 Å². The van der Waals surface area contributed by atoms with Crippen LogP contribution in [0.4, 0.5) is 11.5 Å². The predicted molar refractivity (Wildman–Crippen MR) is 76.0 cm³/mol. The summed E-state index contributed by atoms with van der Waals surface area (Å²) in [6, 6.07) is 1.62. The summed E-state index contributed by atoms with van der Waals surface area (Å²) in [6.45, 7) is 1.95. The molecule has 20 heavy (non-hydrogen) atoms. The molecule has 0 bridgehead atoms. The lowest BCUT2D eigenvalue weighted by atomic mass is 10.5. The van der Waals surface area contributed by atoms with Crippen molar-refractivity contribution >= 4 is 29.0 Å². The smallest absolute Gasteiger partial charge is 0.243 e. The zero-order valence-corrected chi connectivity index (χ0v) is 12.2. The average molecular weight is 295 g/mol. The van der Waals surface area contributed by atoms with Crippen LogP contribution in [-0.2, 0) is 11.3 Å². The average Bonchev–Trinajstić information content (AvgIpc) is 2.74. The van der Waals surface area contributed by atoms with Crippen LogP contribution in [0.15, 0.2) is 18.5 Å². The van der Waals surface area contributed by atoms with Crippen molar-refractivity contribution in [2.45, 2.75) is 13.5 Å². The number of nitrogens with one attached hydrogen (secondary N) is 1. The van der Waals surface area contributed by atoms with Gasteiger partial charge in [-0.15, -0.1) is 0 Å². The Morgan fingerprint density at radius 1 is 1.45 bits per heavy atom. The van der Waals surface area contributed by atoms with Crippen molar-refractivity contribution < 1.29 is 4.79 Å². The fraction of sp³-hybridized carbons (Fsp3) is 0.333. The summed E-state index contributed by atoms with van der Waals surface area (Å²) in [5, 5.41) is 7.55. The molecule has 2 aromatic rings. The van der Waals surface area contributed by atoms with Crippen LogP contribution in [-0.4, -0.2) is 44.7 Å². The van der Waals surface area contributed by atoms with Gasteiger partial charge >= 0.3 is 0 Å². The molecule has 1 amide bonds. The third-order valence-corrected chi connectivity index (χ3v) is 2.70. The first kappa shape index (κ1) is 14.3. The summed E-state index contributed by atoms with van der Waals surface area (Å²) < 4.78 is 1.56. The van der Waals surface area contributed by atoms with Gasteiger partial charge in [0.15, 0.2) is 0 Å². The Morgan fingerprint density at radius 2 is 2.20 bits per heavy atom. The Bertz CT molecular complexity index is 604. The number of aromatic nitrogens is 4. The number of carbonyl (C=O) groups is 1. The number of hydrogen-bond donors (Lipinski definition) is 1. The van der Waals surface area contributed by atoms with Crippen molar-refractivity contribution in [3.63, 3.8) is 0 Å². The second-order valence-electron chi connectivity index (χ2n) is 4.46. The molecule has 106 valence electrons. The lowest BCUT2D eigenvalue weighted by molar-refractivity contribution is -0.129. The fourth-order valence-electron chi connectivity index (χ4n) is 1.54. The van der Waals surface area contributed by atoms with Gasteiger partial charge in [-0.1, -0.05) is 11.6 Å². The molecule has 2 aromatic heterocycles.